The monoisotopic (exact) mass is 487 g/mol. The molecule has 1 aromatic heterocycles. The minimum atomic E-state index is -0.726. The number of ether oxygens (including phenoxy) is 1. The van der Waals surface area contributed by atoms with E-state index in [1.165, 1.54) is 5.56 Å². The van der Waals surface area contributed by atoms with Crippen LogP contribution in [0.15, 0.2) is 52.1 Å². The lowest BCUT2D eigenvalue weighted by atomic mass is 10.1. The molecular formula is C20H30IN3O3. The van der Waals surface area contributed by atoms with Crippen LogP contribution >= 0.6 is 24.0 Å². The summed E-state index contributed by atoms with van der Waals surface area (Å²) >= 11 is 0. The third-order valence-corrected chi connectivity index (χ3v) is 3.98. The second-order valence-corrected chi connectivity index (χ2v) is 5.98. The van der Waals surface area contributed by atoms with Gasteiger partial charge in [0.15, 0.2) is 5.96 Å². The summed E-state index contributed by atoms with van der Waals surface area (Å²) in [6.45, 7) is 3.88. The van der Waals surface area contributed by atoms with Gasteiger partial charge in [-0.3, -0.25) is 4.99 Å². The molecule has 0 aliphatic rings. The van der Waals surface area contributed by atoms with Crippen LogP contribution in [0, 0.1) is 0 Å². The molecule has 1 unspecified atom stereocenters. The molecule has 2 aromatic rings. The summed E-state index contributed by atoms with van der Waals surface area (Å²) in [6.07, 6.45) is 3.99. The summed E-state index contributed by atoms with van der Waals surface area (Å²) in [4.78, 5) is 4.41. The van der Waals surface area contributed by atoms with Gasteiger partial charge in [0.2, 0.25) is 0 Å². The molecule has 0 fully saturated rings. The number of aliphatic imine (C=N–C) groups is 1. The van der Waals surface area contributed by atoms with E-state index in [9.17, 15) is 5.11 Å². The van der Waals surface area contributed by atoms with Crippen molar-refractivity contribution < 1.29 is 14.3 Å². The van der Waals surface area contributed by atoms with Crippen molar-refractivity contribution in [3.63, 3.8) is 0 Å². The molecule has 0 spiro atoms. The lowest BCUT2D eigenvalue weighted by Gasteiger charge is -2.12. The summed E-state index contributed by atoms with van der Waals surface area (Å²) in [6, 6.07) is 11.7. The highest BCUT2D eigenvalue weighted by Crippen LogP contribution is 2.14. The van der Waals surface area contributed by atoms with E-state index < -0.39 is 6.10 Å². The van der Waals surface area contributed by atoms with Crippen LogP contribution in [0.25, 0.3) is 0 Å². The lowest BCUT2D eigenvalue weighted by molar-refractivity contribution is 0.158. The van der Waals surface area contributed by atoms with Crippen molar-refractivity contribution in [2.75, 3.05) is 26.7 Å². The van der Waals surface area contributed by atoms with Crippen molar-refractivity contribution in [3.05, 3.63) is 54.0 Å². The van der Waals surface area contributed by atoms with Crippen molar-refractivity contribution >= 4 is 29.9 Å². The molecular weight excluding hydrogens is 457 g/mol. The number of methoxy groups -OCH3 is 1. The molecule has 0 bridgehead atoms. The van der Waals surface area contributed by atoms with E-state index >= 15 is 0 Å². The van der Waals surface area contributed by atoms with E-state index in [1.807, 2.05) is 19.1 Å². The van der Waals surface area contributed by atoms with Gasteiger partial charge in [-0.05, 0) is 56.0 Å². The standard InChI is InChI=1S/C20H29N3O3.HI/c1-3-21-20(23-15-18(24)19-8-6-14-26-19)22-13-5-4-7-16-9-11-17(25-2)12-10-16;/h6,8-12,14,18,24H,3-5,7,13,15H2,1-2H3,(H2,21,22,23);1H. The number of hydrogen-bond acceptors (Lipinski definition) is 4. The fourth-order valence-electron chi connectivity index (χ4n) is 2.54. The van der Waals surface area contributed by atoms with Crippen molar-refractivity contribution in [2.24, 2.45) is 4.99 Å². The Balaban J connectivity index is 0.00000364. The zero-order chi connectivity index (χ0) is 18.6. The number of furan rings is 1. The first-order chi connectivity index (χ1) is 12.7. The summed E-state index contributed by atoms with van der Waals surface area (Å²) in [7, 11) is 1.68. The lowest BCUT2D eigenvalue weighted by Crippen LogP contribution is -2.38. The minimum Gasteiger partial charge on any atom is -0.497 e. The molecule has 1 heterocycles. The Morgan fingerprint density at radius 3 is 2.59 bits per heavy atom. The molecule has 1 aromatic carbocycles. The van der Waals surface area contributed by atoms with Crippen LogP contribution in [0.2, 0.25) is 0 Å². The Bertz CT molecular complexity index is 645. The number of halogens is 1. The number of unbranched alkanes of at least 4 members (excludes halogenated alkanes) is 1. The van der Waals surface area contributed by atoms with Crippen molar-refractivity contribution in [1.82, 2.24) is 10.6 Å². The summed E-state index contributed by atoms with van der Waals surface area (Å²) < 4.78 is 10.4. The molecule has 0 saturated carbocycles. The molecule has 1 atom stereocenters. The van der Waals surface area contributed by atoms with Crippen molar-refractivity contribution in [2.45, 2.75) is 32.3 Å². The van der Waals surface area contributed by atoms with Crippen LogP contribution in [-0.2, 0) is 6.42 Å². The van der Waals surface area contributed by atoms with E-state index in [2.05, 4.69) is 27.8 Å². The van der Waals surface area contributed by atoms with E-state index in [0.29, 0.717) is 11.7 Å². The van der Waals surface area contributed by atoms with Gasteiger partial charge in [-0.25, -0.2) is 0 Å². The molecule has 0 saturated heterocycles. The molecule has 150 valence electrons. The number of aliphatic hydroxyl groups excluding tert-OH is 1. The van der Waals surface area contributed by atoms with Crippen LogP contribution in [0.4, 0.5) is 0 Å². The van der Waals surface area contributed by atoms with Gasteiger partial charge in [-0.2, -0.15) is 0 Å². The Kier molecular flexibility index (Phi) is 11.6. The summed E-state index contributed by atoms with van der Waals surface area (Å²) in [5, 5.41) is 16.5. The first kappa shape index (κ1) is 23.3. The molecule has 0 aliphatic carbocycles. The van der Waals surface area contributed by atoms with Gasteiger partial charge in [0, 0.05) is 13.1 Å². The van der Waals surface area contributed by atoms with Gasteiger partial charge in [-0.1, -0.05) is 12.1 Å². The van der Waals surface area contributed by atoms with E-state index in [0.717, 1.165) is 38.1 Å². The SMILES string of the molecule is CCNC(=NCC(O)c1ccco1)NCCCCc1ccc(OC)cc1.I. The molecule has 0 aliphatic heterocycles. The first-order valence-corrected chi connectivity index (χ1v) is 9.09. The number of benzene rings is 1. The van der Waals surface area contributed by atoms with Crippen molar-refractivity contribution in [3.8, 4) is 5.75 Å². The number of guanidine groups is 1. The van der Waals surface area contributed by atoms with Crippen LogP contribution in [0.1, 0.15) is 37.2 Å². The van der Waals surface area contributed by atoms with Crippen LogP contribution in [-0.4, -0.2) is 37.8 Å². The number of hydrogen-bond donors (Lipinski definition) is 3. The highest BCUT2D eigenvalue weighted by Gasteiger charge is 2.09. The highest BCUT2D eigenvalue weighted by atomic mass is 127. The Hall–Kier alpha value is -1.74. The number of aliphatic hydroxyl groups is 1. The van der Waals surface area contributed by atoms with Gasteiger partial charge in [0.1, 0.15) is 17.6 Å². The minimum absolute atomic E-state index is 0. The quantitative estimate of drug-likeness (QED) is 0.207. The zero-order valence-corrected chi connectivity index (χ0v) is 18.3. The normalized spacial score (nSPS) is 12.2. The average Bonchev–Trinajstić information content (AvgIpc) is 3.21. The maximum Gasteiger partial charge on any atom is 0.191 e. The third-order valence-electron chi connectivity index (χ3n) is 3.98. The van der Waals surface area contributed by atoms with Gasteiger partial charge < -0.3 is 24.9 Å². The maximum atomic E-state index is 10.0. The van der Waals surface area contributed by atoms with Crippen LogP contribution < -0.4 is 15.4 Å². The van der Waals surface area contributed by atoms with Gasteiger partial charge in [-0.15, -0.1) is 24.0 Å². The fraction of sp³-hybridized carbons (Fsp3) is 0.450. The fourth-order valence-corrected chi connectivity index (χ4v) is 2.54. The highest BCUT2D eigenvalue weighted by molar-refractivity contribution is 14.0. The topological polar surface area (TPSA) is 79.0 Å². The first-order valence-electron chi connectivity index (χ1n) is 9.09. The second-order valence-electron chi connectivity index (χ2n) is 5.98. The van der Waals surface area contributed by atoms with E-state index in [1.54, 1.807) is 25.5 Å². The number of rotatable bonds is 10. The molecule has 0 radical (unpaired) electrons. The molecule has 7 heteroatoms. The zero-order valence-electron chi connectivity index (χ0n) is 16.0. The predicted octanol–water partition coefficient (Wildman–Crippen LogP) is 3.52. The Morgan fingerprint density at radius 1 is 1.19 bits per heavy atom. The van der Waals surface area contributed by atoms with Crippen LogP contribution in [0.5, 0.6) is 5.75 Å². The molecule has 3 N–H and O–H groups in total. The maximum absolute atomic E-state index is 10.0. The molecule has 2 rings (SSSR count). The molecule has 6 nitrogen and oxygen atoms in total. The predicted molar refractivity (Wildman–Crippen MR) is 119 cm³/mol. The molecule has 27 heavy (non-hydrogen) atoms. The Morgan fingerprint density at radius 2 is 1.96 bits per heavy atom. The van der Waals surface area contributed by atoms with Crippen LogP contribution in [0.3, 0.4) is 0 Å². The number of nitrogens with zero attached hydrogens (tertiary/aromatic N) is 1. The summed E-state index contributed by atoms with van der Waals surface area (Å²) in [5.41, 5.74) is 1.31. The number of aryl methyl sites for hydroxylation is 1. The largest absolute Gasteiger partial charge is 0.497 e. The number of nitrogens with one attached hydrogen (secondary N) is 2. The molecule has 0 amide bonds. The van der Waals surface area contributed by atoms with Gasteiger partial charge in [0.05, 0.1) is 19.9 Å². The van der Waals surface area contributed by atoms with Gasteiger partial charge >= 0.3 is 0 Å². The average molecular weight is 487 g/mol. The Labute approximate surface area is 178 Å². The van der Waals surface area contributed by atoms with E-state index in [4.69, 9.17) is 9.15 Å². The van der Waals surface area contributed by atoms with Crippen molar-refractivity contribution in [1.29, 1.82) is 0 Å². The summed E-state index contributed by atoms with van der Waals surface area (Å²) in [5.74, 6) is 2.13. The van der Waals surface area contributed by atoms with E-state index in [-0.39, 0.29) is 30.5 Å². The smallest absolute Gasteiger partial charge is 0.191 e. The second kappa shape index (κ2) is 13.4. The van der Waals surface area contributed by atoms with Gasteiger partial charge in [0.25, 0.3) is 0 Å². The third kappa shape index (κ3) is 8.66.